The first-order chi connectivity index (χ1) is 8.62. The molecule has 4 saturated carbocycles. The van der Waals surface area contributed by atoms with Crippen LogP contribution in [0.5, 0.6) is 0 Å². The standard InChI is InChI=1S/C18H26/c1-12-3-13(2)17(4-12)11-18-8-14-5-15(9-18)7-16(6-14)10-18/h3-4,12,14-16H,5-11H2,1-2H3. The third kappa shape index (κ3) is 1.72. The SMILES string of the molecule is CC1=CC(C)C=C1CC12CC3CC(CC(C3)C1)C2. The molecule has 4 fully saturated rings. The molecule has 0 heterocycles. The molecule has 0 nitrogen and oxygen atoms in total. The fraction of sp³-hybridized carbons (Fsp3) is 0.778. The van der Waals surface area contributed by atoms with E-state index in [9.17, 15) is 0 Å². The molecule has 0 aromatic rings. The van der Waals surface area contributed by atoms with Crippen molar-refractivity contribution >= 4 is 0 Å². The molecule has 0 heteroatoms. The minimum absolute atomic E-state index is 0.689. The molecule has 4 bridgehead atoms. The summed E-state index contributed by atoms with van der Waals surface area (Å²) in [7, 11) is 0. The summed E-state index contributed by atoms with van der Waals surface area (Å²) < 4.78 is 0. The molecule has 0 radical (unpaired) electrons. The largest absolute Gasteiger partial charge is 0.0747 e. The lowest BCUT2D eigenvalue weighted by molar-refractivity contribution is -0.0518. The molecule has 18 heavy (non-hydrogen) atoms. The Morgan fingerprint density at radius 3 is 2.00 bits per heavy atom. The van der Waals surface area contributed by atoms with Crippen molar-refractivity contribution in [1.29, 1.82) is 0 Å². The Hall–Kier alpha value is -0.520. The van der Waals surface area contributed by atoms with Gasteiger partial charge in [0.25, 0.3) is 0 Å². The summed E-state index contributed by atoms with van der Waals surface area (Å²) >= 11 is 0. The zero-order valence-corrected chi connectivity index (χ0v) is 11.9. The van der Waals surface area contributed by atoms with E-state index >= 15 is 0 Å². The molecule has 0 amide bonds. The van der Waals surface area contributed by atoms with Gasteiger partial charge in [-0.05, 0) is 86.5 Å². The Morgan fingerprint density at radius 1 is 1.00 bits per heavy atom. The van der Waals surface area contributed by atoms with Crippen molar-refractivity contribution in [2.24, 2.45) is 29.1 Å². The summed E-state index contributed by atoms with van der Waals surface area (Å²) in [4.78, 5) is 0. The lowest BCUT2D eigenvalue weighted by Gasteiger charge is -2.57. The number of hydrogen-bond acceptors (Lipinski definition) is 0. The van der Waals surface area contributed by atoms with Crippen LogP contribution in [0, 0.1) is 29.1 Å². The Bertz CT molecular complexity index is 388. The van der Waals surface area contributed by atoms with Crippen molar-refractivity contribution < 1.29 is 0 Å². The lowest BCUT2D eigenvalue weighted by atomic mass is 9.48. The molecule has 5 rings (SSSR count). The molecule has 5 aliphatic rings. The highest BCUT2D eigenvalue weighted by Gasteiger charge is 2.50. The molecule has 0 spiro atoms. The second kappa shape index (κ2) is 3.74. The zero-order chi connectivity index (χ0) is 12.3. The van der Waals surface area contributed by atoms with E-state index in [1.807, 2.05) is 0 Å². The molecule has 5 aliphatic carbocycles. The average Bonchev–Trinajstić information content (AvgIpc) is 2.54. The van der Waals surface area contributed by atoms with Gasteiger partial charge in [0.15, 0.2) is 0 Å². The van der Waals surface area contributed by atoms with Gasteiger partial charge in [0, 0.05) is 0 Å². The Morgan fingerprint density at radius 2 is 1.56 bits per heavy atom. The summed E-state index contributed by atoms with van der Waals surface area (Å²) in [6.07, 6.45) is 15.8. The second-order valence-electron chi connectivity index (χ2n) is 8.00. The number of allylic oxidation sites excluding steroid dienone is 4. The summed E-state index contributed by atoms with van der Waals surface area (Å²) in [5.41, 5.74) is 4.00. The minimum Gasteiger partial charge on any atom is -0.0747 e. The Labute approximate surface area is 112 Å². The fourth-order valence-electron chi connectivity index (χ4n) is 6.11. The monoisotopic (exact) mass is 242 g/mol. The molecular formula is C18H26. The predicted octanol–water partition coefficient (Wildman–Crippen LogP) is 5.12. The van der Waals surface area contributed by atoms with E-state index in [-0.39, 0.29) is 0 Å². The van der Waals surface area contributed by atoms with E-state index in [2.05, 4.69) is 26.0 Å². The number of hydrogen-bond donors (Lipinski definition) is 0. The predicted molar refractivity (Wildman–Crippen MR) is 76.2 cm³/mol. The molecule has 1 atom stereocenters. The van der Waals surface area contributed by atoms with Crippen LogP contribution in [-0.2, 0) is 0 Å². The van der Waals surface area contributed by atoms with Crippen LogP contribution in [-0.4, -0.2) is 0 Å². The third-order valence-corrected chi connectivity index (χ3v) is 6.21. The van der Waals surface area contributed by atoms with E-state index in [4.69, 9.17) is 0 Å². The van der Waals surface area contributed by atoms with Crippen molar-refractivity contribution in [3.63, 3.8) is 0 Å². The van der Waals surface area contributed by atoms with Gasteiger partial charge in [-0.1, -0.05) is 24.6 Å². The van der Waals surface area contributed by atoms with Gasteiger partial charge in [-0.25, -0.2) is 0 Å². The van der Waals surface area contributed by atoms with Crippen molar-refractivity contribution in [1.82, 2.24) is 0 Å². The van der Waals surface area contributed by atoms with Crippen molar-refractivity contribution in [3.05, 3.63) is 23.3 Å². The fourth-order valence-corrected chi connectivity index (χ4v) is 6.11. The van der Waals surface area contributed by atoms with Crippen molar-refractivity contribution in [2.45, 2.75) is 58.8 Å². The molecule has 0 aromatic heterocycles. The number of rotatable bonds is 2. The molecular weight excluding hydrogens is 216 g/mol. The summed E-state index contributed by atoms with van der Waals surface area (Å²) in [6.45, 7) is 4.66. The van der Waals surface area contributed by atoms with Crippen molar-refractivity contribution in [2.75, 3.05) is 0 Å². The molecule has 0 aliphatic heterocycles. The molecule has 98 valence electrons. The smallest absolute Gasteiger partial charge is 0.00702 e. The van der Waals surface area contributed by atoms with Crippen LogP contribution in [0.25, 0.3) is 0 Å². The van der Waals surface area contributed by atoms with E-state index in [0.717, 1.165) is 23.2 Å². The molecule has 0 aromatic carbocycles. The minimum atomic E-state index is 0.689. The van der Waals surface area contributed by atoms with Gasteiger partial charge >= 0.3 is 0 Å². The molecule has 0 saturated heterocycles. The van der Waals surface area contributed by atoms with E-state index < -0.39 is 0 Å². The first-order valence-corrected chi connectivity index (χ1v) is 8.01. The molecule has 0 N–H and O–H groups in total. The summed E-state index contributed by atoms with van der Waals surface area (Å²) in [5.74, 6) is 3.98. The van der Waals surface area contributed by atoms with E-state index in [1.165, 1.54) is 6.42 Å². The van der Waals surface area contributed by atoms with Gasteiger partial charge in [-0.15, -0.1) is 0 Å². The summed E-state index contributed by atoms with van der Waals surface area (Å²) in [5, 5.41) is 0. The highest BCUT2D eigenvalue weighted by atomic mass is 14.6. The van der Waals surface area contributed by atoms with E-state index in [1.54, 1.807) is 49.7 Å². The van der Waals surface area contributed by atoms with Crippen LogP contribution in [0.3, 0.4) is 0 Å². The highest BCUT2D eigenvalue weighted by Crippen LogP contribution is 2.62. The third-order valence-electron chi connectivity index (χ3n) is 6.21. The lowest BCUT2D eigenvalue weighted by Crippen LogP contribution is -2.46. The van der Waals surface area contributed by atoms with Gasteiger partial charge in [0.2, 0.25) is 0 Å². The van der Waals surface area contributed by atoms with Crippen LogP contribution >= 0.6 is 0 Å². The van der Waals surface area contributed by atoms with Crippen LogP contribution in [0.2, 0.25) is 0 Å². The van der Waals surface area contributed by atoms with Crippen molar-refractivity contribution in [3.8, 4) is 0 Å². The Kier molecular flexibility index (Phi) is 2.35. The maximum atomic E-state index is 2.54. The van der Waals surface area contributed by atoms with Gasteiger partial charge in [0.05, 0.1) is 0 Å². The quantitative estimate of drug-likeness (QED) is 0.631. The maximum Gasteiger partial charge on any atom is -0.00702 e. The second-order valence-corrected chi connectivity index (χ2v) is 8.00. The zero-order valence-electron chi connectivity index (χ0n) is 11.9. The summed E-state index contributed by atoms with van der Waals surface area (Å²) in [6, 6.07) is 0. The first kappa shape index (κ1) is 11.3. The first-order valence-electron chi connectivity index (χ1n) is 8.01. The molecule has 1 unspecified atom stereocenters. The van der Waals surface area contributed by atoms with Crippen LogP contribution in [0.15, 0.2) is 23.3 Å². The average molecular weight is 242 g/mol. The highest BCUT2D eigenvalue weighted by molar-refractivity contribution is 5.38. The maximum absolute atomic E-state index is 2.54. The van der Waals surface area contributed by atoms with Crippen LogP contribution < -0.4 is 0 Å². The Balaban J connectivity index is 1.58. The van der Waals surface area contributed by atoms with Crippen LogP contribution in [0.1, 0.15) is 58.8 Å². The topological polar surface area (TPSA) is 0 Å². The normalized spacial score (nSPS) is 49.4. The van der Waals surface area contributed by atoms with Crippen LogP contribution in [0.4, 0.5) is 0 Å². The van der Waals surface area contributed by atoms with Gasteiger partial charge in [-0.2, -0.15) is 0 Å². The van der Waals surface area contributed by atoms with E-state index in [0.29, 0.717) is 5.92 Å². The van der Waals surface area contributed by atoms with Gasteiger partial charge in [-0.3, -0.25) is 0 Å². The van der Waals surface area contributed by atoms with Gasteiger partial charge < -0.3 is 0 Å². The van der Waals surface area contributed by atoms with Gasteiger partial charge in [0.1, 0.15) is 0 Å².